The molecule has 3 nitrogen and oxygen atoms in total. The van der Waals surface area contributed by atoms with Crippen molar-refractivity contribution < 1.29 is 0 Å². The predicted octanol–water partition coefficient (Wildman–Crippen LogP) is 2.48. The average molecular weight is 262 g/mol. The maximum Gasteiger partial charge on any atom is 0.330 e. The maximum atomic E-state index is 12.5. The number of hydrogen-bond acceptors (Lipinski definition) is 1. The van der Waals surface area contributed by atoms with E-state index in [9.17, 15) is 4.79 Å². The molecule has 20 heavy (non-hydrogen) atoms. The van der Waals surface area contributed by atoms with E-state index in [0.29, 0.717) is 13.1 Å². The van der Waals surface area contributed by atoms with Crippen LogP contribution < -0.4 is 5.69 Å². The zero-order chi connectivity index (χ0) is 13.9. The summed E-state index contributed by atoms with van der Waals surface area (Å²) in [5.41, 5.74) is 2.83. The predicted molar refractivity (Wildman–Crippen MR) is 80.6 cm³/mol. The molecule has 1 heterocycles. The highest BCUT2D eigenvalue weighted by Crippen LogP contribution is 2.14. The third kappa shape index (κ3) is 2.02. The standard InChI is InChI=1S/C17H14N2O/c1-2-12-18-15-10-6-7-11-16(15)19(17(18)20)13-14-8-4-3-5-9-14/h1,3-11H,12-13H2. The van der Waals surface area contributed by atoms with Gasteiger partial charge in [-0.05, 0) is 17.7 Å². The first-order valence-electron chi connectivity index (χ1n) is 6.46. The first-order chi connectivity index (χ1) is 9.81. The van der Waals surface area contributed by atoms with Crippen LogP contribution in [-0.4, -0.2) is 9.13 Å². The lowest BCUT2D eigenvalue weighted by Crippen LogP contribution is -2.24. The molecule has 0 aliphatic heterocycles. The van der Waals surface area contributed by atoms with E-state index in [4.69, 9.17) is 6.42 Å². The van der Waals surface area contributed by atoms with Gasteiger partial charge in [-0.1, -0.05) is 48.4 Å². The molecular formula is C17H14N2O. The number of para-hydroxylation sites is 2. The van der Waals surface area contributed by atoms with Crippen molar-refractivity contribution in [2.24, 2.45) is 0 Å². The SMILES string of the molecule is C#CCn1c(=O)n(Cc2ccccc2)c2ccccc21. The molecule has 0 aliphatic carbocycles. The van der Waals surface area contributed by atoms with Crippen molar-refractivity contribution in [2.75, 3.05) is 0 Å². The van der Waals surface area contributed by atoms with Crippen LogP contribution in [0.25, 0.3) is 11.0 Å². The summed E-state index contributed by atoms with van der Waals surface area (Å²) in [4.78, 5) is 12.5. The number of benzene rings is 2. The lowest BCUT2D eigenvalue weighted by Gasteiger charge is -2.03. The quantitative estimate of drug-likeness (QED) is 0.666. The molecule has 0 atom stereocenters. The van der Waals surface area contributed by atoms with Gasteiger partial charge in [0.15, 0.2) is 0 Å². The minimum Gasteiger partial charge on any atom is -0.287 e. The zero-order valence-electron chi connectivity index (χ0n) is 11.0. The molecular weight excluding hydrogens is 248 g/mol. The van der Waals surface area contributed by atoms with E-state index < -0.39 is 0 Å². The summed E-state index contributed by atoms with van der Waals surface area (Å²) >= 11 is 0. The molecule has 2 aromatic carbocycles. The highest BCUT2D eigenvalue weighted by molar-refractivity contribution is 5.76. The van der Waals surface area contributed by atoms with E-state index in [0.717, 1.165) is 16.6 Å². The van der Waals surface area contributed by atoms with Gasteiger partial charge in [0.1, 0.15) is 0 Å². The molecule has 0 amide bonds. The smallest absolute Gasteiger partial charge is 0.287 e. The van der Waals surface area contributed by atoms with Crippen molar-refractivity contribution in [1.82, 2.24) is 9.13 Å². The molecule has 0 fully saturated rings. The molecule has 0 radical (unpaired) electrons. The monoisotopic (exact) mass is 262 g/mol. The van der Waals surface area contributed by atoms with Gasteiger partial charge in [0.25, 0.3) is 0 Å². The van der Waals surface area contributed by atoms with Gasteiger partial charge in [-0.15, -0.1) is 6.42 Å². The number of rotatable bonds is 3. The van der Waals surface area contributed by atoms with Gasteiger partial charge in [0.2, 0.25) is 0 Å². The molecule has 0 spiro atoms. The van der Waals surface area contributed by atoms with Gasteiger partial charge in [-0.3, -0.25) is 9.13 Å². The molecule has 3 rings (SSSR count). The van der Waals surface area contributed by atoms with Crippen LogP contribution in [0.2, 0.25) is 0 Å². The van der Waals surface area contributed by atoms with Crippen LogP contribution in [-0.2, 0) is 13.1 Å². The number of terminal acetylenes is 1. The van der Waals surface area contributed by atoms with E-state index in [1.165, 1.54) is 0 Å². The zero-order valence-corrected chi connectivity index (χ0v) is 11.0. The van der Waals surface area contributed by atoms with Gasteiger partial charge in [-0.25, -0.2) is 4.79 Å². The Bertz CT molecular complexity index is 835. The van der Waals surface area contributed by atoms with Gasteiger partial charge < -0.3 is 0 Å². The van der Waals surface area contributed by atoms with Crippen LogP contribution >= 0.6 is 0 Å². The lowest BCUT2D eigenvalue weighted by atomic mass is 10.2. The second-order valence-corrected chi connectivity index (χ2v) is 4.63. The highest BCUT2D eigenvalue weighted by atomic mass is 16.1. The van der Waals surface area contributed by atoms with Gasteiger partial charge in [0.05, 0.1) is 24.1 Å². The summed E-state index contributed by atoms with van der Waals surface area (Å²) in [7, 11) is 0. The average Bonchev–Trinajstić information content (AvgIpc) is 2.75. The second kappa shape index (κ2) is 5.10. The van der Waals surface area contributed by atoms with E-state index >= 15 is 0 Å². The molecule has 1 aromatic heterocycles. The Hall–Kier alpha value is -2.73. The first kappa shape index (κ1) is 12.3. The van der Waals surface area contributed by atoms with E-state index in [2.05, 4.69) is 5.92 Å². The normalized spacial score (nSPS) is 10.6. The van der Waals surface area contributed by atoms with Gasteiger partial charge >= 0.3 is 5.69 Å². The molecule has 3 aromatic rings. The largest absolute Gasteiger partial charge is 0.330 e. The summed E-state index contributed by atoms with van der Waals surface area (Å²) in [6.07, 6.45) is 5.36. The van der Waals surface area contributed by atoms with Crippen LogP contribution in [0.1, 0.15) is 5.56 Å². The van der Waals surface area contributed by atoms with Crippen molar-refractivity contribution in [3.63, 3.8) is 0 Å². The molecule has 0 aliphatic rings. The number of imidazole rings is 1. The first-order valence-corrected chi connectivity index (χ1v) is 6.46. The fourth-order valence-corrected chi connectivity index (χ4v) is 2.44. The molecule has 0 unspecified atom stereocenters. The Balaban J connectivity index is 2.18. The third-order valence-corrected chi connectivity index (χ3v) is 3.36. The fraction of sp³-hybridized carbons (Fsp3) is 0.118. The summed E-state index contributed by atoms with van der Waals surface area (Å²) in [6, 6.07) is 17.7. The van der Waals surface area contributed by atoms with E-state index in [1.54, 1.807) is 9.13 Å². The molecule has 0 saturated heterocycles. The lowest BCUT2D eigenvalue weighted by molar-refractivity contribution is 0.716. The maximum absolute atomic E-state index is 12.5. The Morgan fingerprint density at radius 3 is 2.15 bits per heavy atom. The number of nitrogens with zero attached hydrogens (tertiary/aromatic N) is 2. The minimum atomic E-state index is -0.0620. The van der Waals surface area contributed by atoms with Crippen molar-refractivity contribution in [1.29, 1.82) is 0 Å². The highest BCUT2D eigenvalue weighted by Gasteiger charge is 2.11. The van der Waals surface area contributed by atoms with Gasteiger partial charge in [-0.2, -0.15) is 0 Å². The van der Waals surface area contributed by atoms with Crippen LogP contribution in [0, 0.1) is 12.3 Å². The Kier molecular flexibility index (Phi) is 3.14. The summed E-state index contributed by atoms with van der Waals surface area (Å²) in [5.74, 6) is 2.54. The van der Waals surface area contributed by atoms with Crippen molar-refractivity contribution in [2.45, 2.75) is 13.1 Å². The minimum absolute atomic E-state index is 0.0620. The third-order valence-electron chi connectivity index (χ3n) is 3.36. The molecule has 0 bridgehead atoms. The topological polar surface area (TPSA) is 26.9 Å². The molecule has 98 valence electrons. The molecule has 3 heteroatoms. The number of hydrogen-bond donors (Lipinski definition) is 0. The van der Waals surface area contributed by atoms with Gasteiger partial charge in [0, 0.05) is 0 Å². The Morgan fingerprint density at radius 1 is 0.900 bits per heavy atom. The number of aromatic nitrogens is 2. The number of fused-ring (bicyclic) bond motifs is 1. The fourth-order valence-electron chi connectivity index (χ4n) is 2.44. The summed E-state index contributed by atoms with van der Waals surface area (Å²) < 4.78 is 3.40. The Labute approximate surface area is 117 Å². The van der Waals surface area contributed by atoms with Crippen molar-refractivity contribution in [3.8, 4) is 12.3 Å². The Morgan fingerprint density at radius 2 is 1.50 bits per heavy atom. The van der Waals surface area contributed by atoms with Crippen LogP contribution in [0.3, 0.4) is 0 Å². The van der Waals surface area contributed by atoms with Crippen LogP contribution in [0.4, 0.5) is 0 Å². The van der Waals surface area contributed by atoms with Crippen LogP contribution in [0.5, 0.6) is 0 Å². The molecule has 0 N–H and O–H groups in total. The van der Waals surface area contributed by atoms with Crippen molar-refractivity contribution >= 4 is 11.0 Å². The summed E-state index contributed by atoms with van der Waals surface area (Å²) in [6.45, 7) is 0.846. The van der Waals surface area contributed by atoms with Crippen molar-refractivity contribution in [3.05, 3.63) is 70.6 Å². The summed E-state index contributed by atoms with van der Waals surface area (Å²) in [5, 5.41) is 0. The van der Waals surface area contributed by atoms with E-state index in [-0.39, 0.29) is 5.69 Å². The van der Waals surface area contributed by atoms with E-state index in [1.807, 2.05) is 54.6 Å². The molecule has 0 saturated carbocycles. The second-order valence-electron chi connectivity index (χ2n) is 4.63. The van der Waals surface area contributed by atoms with Crippen LogP contribution in [0.15, 0.2) is 59.4 Å².